The van der Waals surface area contributed by atoms with Crippen LogP contribution in [-0.2, 0) is 0 Å². The van der Waals surface area contributed by atoms with Crippen LogP contribution in [-0.4, -0.2) is 41.3 Å². The van der Waals surface area contributed by atoms with Crippen LogP contribution in [0.1, 0.15) is 36.8 Å². The highest BCUT2D eigenvalue weighted by atomic mass is 32.1. The van der Waals surface area contributed by atoms with E-state index in [1.54, 1.807) is 0 Å². The van der Waals surface area contributed by atoms with Crippen LogP contribution in [0.2, 0.25) is 0 Å². The van der Waals surface area contributed by atoms with E-state index in [0.29, 0.717) is 23.1 Å². The first-order chi connectivity index (χ1) is 15.3. The molecule has 0 amide bonds. The number of fused-ring (bicyclic) bond motifs is 1. The fourth-order valence-corrected chi connectivity index (χ4v) is 4.85. The molecule has 1 saturated carbocycles. The Balaban J connectivity index is 1.49. The number of hydrogen-bond donors (Lipinski definition) is 2. The number of rotatable bonds is 5. The topological polar surface area (TPSA) is 70.3 Å². The lowest BCUT2D eigenvalue weighted by atomic mass is 9.89. The highest BCUT2D eigenvalue weighted by Gasteiger charge is 2.29. The monoisotopic (exact) mass is 448 g/mol. The summed E-state index contributed by atoms with van der Waals surface area (Å²) in [4.78, 5) is 13.8. The summed E-state index contributed by atoms with van der Waals surface area (Å²) in [5, 5.41) is 5.10. The number of anilines is 3. The Morgan fingerprint density at radius 2 is 1.75 bits per heavy atom. The molecule has 1 aromatic heterocycles. The first-order valence-corrected chi connectivity index (χ1v) is 11.6. The third-order valence-corrected chi connectivity index (χ3v) is 6.46. The van der Waals surface area contributed by atoms with Crippen molar-refractivity contribution >= 4 is 45.7 Å². The van der Waals surface area contributed by atoms with Gasteiger partial charge in [-0.2, -0.15) is 4.98 Å². The number of thiocarbonyl (C=S) groups is 1. The maximum Gasteiger partial charge on any atom is 0.225 e. The van der Waals surface area contributed by atoms with Gasteiger partial charge in [-0.3, -0.25) is 0 Å². The van der Waals surface area contributed by atoms with Gasteiger partial charge < -0.3 is 20.9 Å². The lowest BCUT2D eigenvalue weighted by molar-refractivity contribution is 0.409. The molecular weight excluding hydrogens is 416 g/mol. The molecule has 3 N–H and O–H groups in total. The van der Waals surface area contributed by atoms with E-state index in [4.69, 9.17) is 27.9 Å². The van der Waals surface area contributed by atoms with Gasteiger partial charge in [-0.1, -0.05) is 24.3 Å². The molecule has 4 rings (SSSR count). The predicted molar refractivity (Wildman–Crippen MR) is 139 cm³/mol. The SMILES string of the molecule is Cc1ccc(C)c(N(C(N)=S)C2CCC(Nc3nc(N(C)C)c4ccccc4n3)CC2)c1. The van der Waals surface area contributed by atoms with Crippen LogP contribution >= 0.6 is 12.2 Å². The first kappa shape index (κ1) is 22.3. The molecule has 0 spiro atoms. The van der Waals surface area contributed by atoms with Crippen molar-refractivity contribution in [1.29, 1.82) is 0 Å². The zero-order chi connectivity index (χ0) is 22.8. The molecule has 1 aliphatic rings. The number of hydrogen-bond acceptors (Lipinski definition) is 5. The number of para-hydroxylation sites is 1. The van der Waals surface area contributed by atoms with Gasteiger partial charge in [0.05, 0.1) is 5.52 Å². The smallest absolute Gasteiger partial charge is 0.225 e. The van der Waals surface area contributed by atoms with Gasteiger partial charge >= 0.3 is 0 Å². The largest absolute Gasteiger partial charge is 0.376 e. The van der Waals surface area contributed by atoms with Crippen LogP contribution < -0.4 is 20.9 Å². The molecule has 1 heterocycles. The highest BCUT2D eigenvalue weighted by Crippen LogP contribution is 2.32. The van der Waals surface area contributed by atoms with Crippen molar-refractivity contribution in [3.05, 3.63) is 53.6 Å². The molecule has 0 bridgehead atoms. The summed E-state index contributed by atoms with van der Waals surface area (Å²) in [5.41, 5.74) is 10.7. The quantitative estimate of drug-likeness (QED) is 0.544. The molecule has 2 aromatic carbocycles. The number of benzene rings is 2. The summed E-state index contributed by atoms with van der Waals surface area (Å²) in [6.45, 7) is 4.22. The average Bonchev–Trinajstić information content (AvgIpc) is 2.76. The van der Waals surface area contributed by atoms with Gasteiger partial charge in [0.2, 0.25) is 5.95 Å². The minimum Gasteiger partial charge on any atom is -0.376 e. The van der Waals surface area contributed by atoms with Crippen LogP contribution in [0, 0.1) is 13.8 Å². The summed E-state index contributed by atoms with van der Waals surface area (Å²) in [6, 6.07) is 15.2. The van der Waals surface area contributed by atoms with E-state index in [9.17, 15) is 0 Å². The molecule has 6 nitrogen and oxygen atoms in total. The summed E-state index contributed by atoms with van der Waals surface area (Å²) < 4.78 is 0. The fourth-order valence-electron chi connectivity index (χ4n) is 4.60. The Bertz CT molecular complexity index is 1120. The Labute approximate surface area is 195 Å². The molecule has 0 atom stereocenters. The number of aryl methyl sites for hydroxylation is 2. The van der Waals surface area contributed by atoms with Gasteiger partial charge in [0.25, 0.3) is 0 Å². The van der Waals surface area contributed by atoms with Crippen molar-refractivity contribution < 1.29 is 0 Å². The molecule has 0 unspecified atom stereocenters. The van der Waals surface area contributed by atoms with Crippen LogP contribution in [0.3, 0.4) is 0 Å². The van der Waals surface area contributed by atoms with E-state index in [0.717, 1.165) is 48.1 Å². The highest BCUT2D eigenvalue weighted by molar-refractivity contribution is 7.80. The zero-order valence-electron chi connectivity index (χ0n) is 19.3. The molecule has 3 aromatic rings. The predicted octanol–water partition coefficient (Wildman–Crippen LogP) is 4.79. The molecular formula is C25H32N6S. The van der Waals surface area contributed by atoms with Crippen LogP contribution in [0.5, 0.6) is 0 Å². The molecule has 7 heteroatoms. The lowest BCUT2D eigenvalue weighted by Gasteiger charge is -2.38. The maximum absolute atomic E-state index is 6.19. The Hall–Kier alpha value is -2.93. The van der Waals surface area contributed by atoms with Crippen LogP contribution in [0.4, 0.5) is 17.5 Å². The average molecular weight is 449 g/mol. The Morgan fingerprint density at radius 1 is 1.03 bits per heavy atom. The van der Waals surface area contributed by atoms with E-state index >= 15 is 0 Å². The Kier molecular flexibility index (Phi) is 6.46. The maximum atomic E-state index is 6.19. The van der Waals surface area contributed by atoms with Crippen molar-refractivity contribution in [1.82, 2.24) is 9.97 Å². The molecule has 168 valence electrons. The molecule has 0 radical (unpaired) electrons. The van der Waals surface area contributed by atoms with Gasteiger partial charge in [-0.25, -0.2) is 4.98 Å². The standard InChI is InChI=1S/C25H32N6S/c1-16-9-10-17(2)22(15-16)31(24(26)32)19-13-11-18(12-14-19)27-25-28-21-8-6-5-7-20(21)23(29-25)30(3)4/h5-10,15,18-19H,11-14H2,1-4H3,(H2,26,32)(H,27,28,29). The van der Waals surface area contributed by atoms with Crippen molar-refractivity contribution in [3.63, 3.8) is 0 Å². The summed E-state index contributed by atoms with van der Waals surface area (Å²) in [6.07, 6.45) is 4.05. The van der Waals surface area contributed by atoms with Gasteiger partial charge in [-0.05, 0) is 81.1 Å². The Morgan fingerprint density at radius 3 is 2.44 bits per heavy atom. The lowest BCUT2D eigenvalue weighted by Crippen LogP contribution is -2.47. The van der Waals surface area contributed by atoms with Crippen LogP contribution in [0.25, 0.3) is 10.9 Å². The summed E-state index contributed by atoms with van der Waals surface area (Å²) >= 11 is 5.46. The van der Waals surface area contributed by atoms with E-state index in [1.165, 1.54) is 11.1 Å². The van der Waals surface area contributed by atoms with Crippen molar-refractivity contribution in [2.24, 2.45) is 5.73 Å². The van der Waals surface area contributed by atoms with Crippen LogP contribution in [0.15, 0.2) is 42.5 Å². The number of aromatic nitrogens is 2. The zero-order valence-corrected chi connectivity index (χ0v) is 20.1. The van der Waals surface area contributed by atoms with E-state index in [2.05, 4.69) is 48.3 Å². The second-order valence-electron chi connectivity index (χ2n) is 8.93. The van der Waals surface area contributed by atoms with E-state index in [-0.39, 0.29) is 0 Å². The minimum atomic E-state index is 0.306. The number of nitrogens with zero attached hydrogens (tertiary/aromatic N) is 4. The molecule has 0 aliphatic heterocycles. The first-order valence-electron chi connectivity index (χ1n) is 11.2. The molecule has 1 fully saturated rings. The molecule has 0 saturated heterocycles. The van der Waals surface area contributed by atoms with Gasteiger partial charge in [0, 0.05) is 37.3 Å². The molecule has 32 heavy (non-hydrogen) atoms. The van der Waals surface area contributed by atoms with E-state index < -0.39 is 0 Å². The second kappa shape index (κ2) is 9.28. The van der Waals surface area contributed by atoms with Gasteiger partial charge in [-0.15, -0.1) is 0 Å². The summed E-state index contributed by atoms with van der Waals surface area (Å²) in [7, 11) is 4.03. The third kappa shape index (κ3) is 4.63. The number of nitrogens with two attached hydrogens (primary N) is 1. The van der Waals surface area contributed by atoms with Crippen molar-refractivity contribution in [2.75, 3.05) is 29.2 Å². The number of nitrogens with one attached hydrogen (secondary N) is 1. The normalized spacial score (nSPS) is 18.4. The van der Waals surface area contributed by atoms with Gasteiger partial charge in [0.15, 0.2) is 5.11 Å². The molecule has 1 aliphatic carbocycles. The third-order valence-electron chi connectivity index (χ3n) is 6.26. The van der Waals surface area contributed by atoms with E-state index in [1.807, 2.05) is 37.2 Å². The van der Waals surface area contributed by atoms with Gasteiger partial charge in [0.1, 0.15) is 5.82 Å². The minimum absolute atomic E-state index is 0.306. The summed E-state index contributed by atoms with van der Waals surface area (Å²) in [5.74, 6) is 1.62. The fraction of sp³-hybridized carbons (Fsp3) is 0.400. The van der Waals surface area contributed by atoms with Crippen molar-refractivity contribution in [2.45, 2.75) is 51.6 Å². The second-order valence-corrected chi connectivity index (χ2v) is 9.35. The van der Waals surface area contributed by atoms with Crippen molar-refractivity contribution in [3.8, 4) is 0 Å².